The standard InChI is InChI=1S/C17H22FN5O/c1-13-19-20-21-23(13)12-17(24)22(16-5-3-2-4-6-16)11-14-7-9-15(18)10-8-14/h7-10,16H,2-6,11-12H2,1H3. The van der Waals surface area contributed by atoms with Gasteiger partial charge in [-0.15, -0.1) is 5.10 Å². The predicted octanol–water partition coefficient (Wildman–Crippen LogP) is 2.48. The molecule has 2 aromatic rings. The van der Waals surface area contributed by atoms with E-state index in [1.54, 1.807) is 19.1 Å². The van der Waals surface area contributed by atoms with Crippen molar-refractivity contribution < 1.29 is 9.18 Å². The molecule has 0 N–H and O–H groups in total. The second-order valence-corrected chi connectivity index (χ2v) is 6.32. The van der Waals surface area contributed by atoms with Crippen LogP contribution in [0.3, 0.4) is 0 Å². The molecule has 3 rings (SSSR count). The minimum Gasteiger partial charge on any atom is -0.334 e. The van der Waals surface area contributed by atoms with Crippen molar-refractivity contribution in [3.63, 3.8) is 0 Å². The third kappa shape index (κ3) is 3.96. The fraction of sp³-hybridized carbons (Fsp3) is 0.529. The van der Waals surface area contributed by atoms with Gasteiger partial charge >= 0.3 is 0 Å². The van der Waals surface area contributed by atoms with Crippen LogP contribution in [0.15, 0.2) is 24.3 Å². The quantitative estimate of drug-likeness (QED) is 0.844. The summed E-state index contributed by atoms with van der Waals surface area (Å²) in [6.45, 7) is 2.40. The van der Waals surface area contributed by atoms with E-state index in [4.69, 9.17) is 0 Å². The van der Waals surface area contributed by atoms with Gasteiger partial charge in [-0.25, -0.2) is 9.07 Å². The van der Waals surface area contributed by atoms with E-state index in [9.17, 15) is 9.18 Å². The van der Waals surface area contributed by atoms with Gasteiger partial charge in [0.2, 0.25) is 5.91 Å². The summed E-state index contributed by atoms with van der Waals surface area (Å²) in [5, 5.41) is 11.3. The van der Waals surface area contributed by atoms with Crippen LogP contribution in [0.4, 0.5) is 4.39 Å². The molecular weight excluding hydrogens is 309 g/mol. The molecule has 6 nitrogen and oxygen atoms in total. The Hall–Kier alpha value is -2.31. The maximum absolute atomic E-state index is 13.1. The van der Waals surface area contributed by atoms with Gasteiger partial charge in [0.25, 0.3) is 0 Å². The lowest BCUT2D eigenvalue weighted by molar-refractivity contribution is -0.135. The number of carbonyl (C=O) groups is 1. The highest BCUT2D eigenvalue weighted by atomic mass is 19.1. The highest BCUT2D eigenvalue weighted by Crippen LogP contribution is 2.24. The smallest absolute Gasteiger partial charge is 0.245 e. The molecular formula is C17H22FN5O. The molecule has 1 aromatic carbocycles. The molecule has 7 heteroatoms. The van der Waals surface area contributed by atoms with Gasteiger partial charge in [-0.2, -0.15) is 0 Å². The van der Waals surface area contributed by atoms with Crippen LogP contribution in [-0.2, 0) is 17.9 Å². The van der Waals surface area contributed by atoms with Crippen molar-refractivity contribution in [1.82, 2.24) is 25.1 Å². The van der Waals surface area contributed by atoms with E-state index in [1.165, 1.54) is 23.2 Å². The monoisotopic (exact) mass is 331 g/mol. The van der Waals surface area contributed by atoms with Crippen LogP contribution in [0.1, 0.15) is 43.5 Å². The van der Waals surface area contributed by atoms with Crippen molar-refractivity contribution in [2.45, 2.75) is 58.2 Å². The number of aryl methyl sites for hydroxylation is 1. The number of rotatable bonds is 5. The number of carbonyl (C=O) groups excluding carboxylic acids is 1. The Bertz CT molecular complexity index is 679. The first-order valence-electron chi connectivity index (χ1n) is 8.40. The molecule has 0 radical (unpaired) electrons. The highest BCUT2D eigenvalue weighted by Gasteiger charge is 2.26. The van der Waals surface area contributed by atoms with E-state index in [0.717, 1.165) is 31.2 Å². The third-order valence-electron chi connectivity index (χ3n) is 4.60. The Morgan fingerprint density at radius 1 is 1.25 bits per heavy atom. The topological polar surface area (TPSA) is 63.9 Å². The zero-order valence-corrected chi connectivity index (χ0v) is 13.9. The maximum Gasteiger partial charge on any atom is 0.245 e. The Morgan fingerprint density at radius 3 is 2.58 bits per heavy atom. The zero-order chi connectivity index (χ0) is 16.9. The summed E-state index contributed by atoms with van der Waals surface area (Å²) in [7, 11) is 0. The number of tetrazole rings is 1. The van der Waals surface area contributed by atoms with Crippen LogP contribution in [0.25, 0.3) is 0 Å². The normalized spacial score (nSPS) is 15.4. The molecule has 0 aliphatic heterocycles. The Kier molecular flexibility index (Phi) is 5.17. The molecule has 1 aliphatic rings. The van der Waals surface area contributed by atoms with Crippen molar-refractivity contribution >= 4 is 5.91 Å². The fourth-order valence-corrected chi connectivity index (χ4v) is 3.21. The minimum absolute atomic E-state index is 0.00150. The average Bonchev–Trinajstić information content (AvgIpc) is 3.00. The van der Waals surface area contributed by atoms with Gasteiger partial charge in [0.1, 0.15) is 18.2 Å². The van der Waals surface area contributed by atoms with Gasteiger partial charge < -0.3 is 4.90 Å². The lowest BCUT2D eigenvalue weighted by Gasteiger charge is -2.34. The number of nitrogens with zero attached hydrogens (tertiary/aromatic N) is 5. The molecule has 0 spiro atoms. The second-order valence-electron chi connectivity index (χ2n) is 6.32. The van der Waals surface area contributed by atoms with Crippen LogP contribution in [0.5, 0.6) is 0 Å². The van der Waals surface area contributed by atoms with Crippen LogP contribution >= 0.6 is 0 Å². The largest absolute Gasteiger partial charge is 0.334 e. The number of amides is 1. The van der Waals surface area contributed by atoms with Crippen LogP contribution in [0.2, 0.25) is 0 Å². The Labute approximate surface area is 140 Å². The summed E-state index contributed by atoms with van der Waals surface area (Å²) >= 11 is 0. The molecule has 0 unspecified atom stereocenters. The summed E-state index contributed by atoms with van der Waals surface area (Å²) in [4.78, 5) is 14.8. The predicted molar refractivity (Wildman–Crippen MR) is 86.4 cm³/mol. The zero-order valence-electron chi connectivity index (χ0n) is 13.9. The molecule has 1 fully saturated rings. The van der Waals surface area contributed by atoms with Crippen LogP contribution in [-0.4, -0.2) is 37.1 Å². The molecule has 0 bridgehead atoms. The summed E-state index contributed by atoms with van der Waals surface area (Å²) in [6, 6.07) is 6.57. The lowest BCUT2D eigenvalue weighted by Crippen LogP contribution is -2.42. The van der Waals surface area contributed by atoms with Gasteiger partial charge in [-0.3, -0.25) is 4.79 Å². The van der Waals surface area contributed by atoms with E-state index < -0.39 is 0 Å². The van der Waals surface area contributed by atoms with Crippen molar-refractivity contribution in [1.29, 1.82) is 0 Å². The molecule has 0 atom stereocenters. The number of hydrogen-bond donors (Lipinski definition) is 0. The lowest BCUT2D eigenvalue weighted by atomic mass is 9.93. The van der Waals surface area contributed by atoms with Crippen LogP contribution < -0.4 is 0 Å². The molecule has 1 aliphatic carbocycles. The van der Waals surface area contributed by atoms with Gasteiger partial charge in [-0.1, -0.05) is 31.4 Å². The second kappa shape index (κ2) is 7.51. The van der Waals surface area contributed by atoms with Gasteiger partial charge in [0.15, 0.2) is 0 Å². The maximum atomic E-state index is 13.1. The van der Waals surface area contributed by atoms with Gasteiger partial charge in [0, 0.05) is 12.6 Å². The first kappa shape index (κ1) is 16.5. The van der Waals surface area contributed by atoms with E-state index in [1.807, 2.05) is 4.90 Å². The molecule has 1 amide bonds. The molecule has 128 valence electrons. The highest BCUT2D eigenvalue weighted by molar-refractivity contribution is 5.76. The van der Waals surface area contributed by atoms with Gasteiger partial charge in [-0.05, 0) is 47.9 Å². The Balaban J connectivity index is 1.76. The first-order valence-corrected chi connectivity index (χ1v) is 8.40. The third-order valence-corrected chi connectivity index (χ3v) is 4.60. The minimum atomic E-state index is -0.265. The summed E-state index contributed by atoms with van der Waals surface area (Å²) in [6.07, 6.45) is 5.54. The van der Waals surface area contributed by atoms with E-state index in [0.29, 0.717) is 12.4 Å². The van der Waals surface area contributed by atoms with Crippen LogP contribution in [0, 0.1) is 12.7 Å². The number of hydrogen-bond acceptors (Lipinski definition) is 4. The molecule has 24 heavy (non-hydrogen) atoms. The summed E-state index contributed by atoms with van der Waals surface area (Å²) in [5.74, 6) is 0.356. The van der Waals surface area contributed by atoms with Crippen molar-refractivity contribution in [2.24, 2.45) is 0 Å². The average molecular weight is 331 g/mol. The molecule has 1 heterocycles. The van der Waals surface area contributed by atoms with Crippen molar-refractivity contribution in [2.75, 3.05) is 0 Å². The van der Waals surface area contributed by atoms with E-state index in [-0.39, 0.29) is 24.3 Å². The molecule has 1 saturated carbocycles. The summed E-state index contributed by atoms with van der Waals surface area (Å²) < 4.78 is 14.6. The van der Waals surface area contributed by atoms with Gasteiger partial charge in [0.05, 0.1) is 0 Å². The number of benzene rings is 1. The van der Waals surface area contributed by atoms with E-state index in [2.05, 4.69) is 15.5 Å². The Morgan fingerprint density at radius 2 is 1.96 bits per heavy atom. The fourth-order valence-electron chi connectivity index (χ4n) is 3.21. The first-order chi connectivity index (χ1) is 11.6. The molecule has 1 aromatic heterocycles. The molecule has 0 saturated heterocycles. The SMILES string of the molecule is Cc1nnnn1CC(=O)N(Cc1ccc(F)cc1)C1CCCCC1. The van der Waals surface area contributed by atoms with E-state index >= 15 is 0 Å². The number of halogens is 1. The van der Waals surface area contributed by atoms with Crippen molar-refractivity contribution in [3.8, 4) is 0 Å². The summed E-state index contributed by atoms with van der Waals surface area (Å²) in [5.41, 5.74) is 0.934. The van der Waals surface area contributed by atoms with Crippen molar-refractivity contribution in [3.05, 3.63) is 41.5 Å². The number of aromatic nitrogens is 4.